The molecule has 142 valence electrons. The van der Waals surface area contributed by atoms with Crippen LogP contribution < -0.4 is 15.4 Å². The van der Waals surface area contributed by atoms with Crippen LogP contribution in [0.1, 0.15) is 18.1 Å². The van der Waals surface area contributed by atoms with Gasteiger partial charge in [-0.3, -0.25) is 10.1 Å². The lowest BCUT2D eigenvalue weighted by atomic mass is 10.2. The van der Waals surface area contributed by atoms with Crippen molar-refractivity contribution >= 4 is 11.6 Å². The summed E-state index contributed by atoms with van der Waals surface area (Å²) in [4.78, 5) is 14.8. The minimum absolute atomic E-state index is 0.0730. The third kappa shape index (κ3) is 6.47. The van der Waals surface area contributed by atoms with Crippen LogP contribution in [0.4, 0.5) is 5.69 Å². The summed E-state index contributed by atoms with van der Waals surface area (Å²) in [6.07, 6.45) is 1.71. The van der Waals surface area contributed by atoms with E-state index in [4.69, 9.17) is 4.74 Å². The summed E-state index contributed by atoms with van der Waals surface area (Å²) in [5.41, 5.74) is 1.98. The van der Waals surface area contributed by atoms with E-state index >= 15 is 0 Å². The lowest BCUT2D eigenvalue weighted by Crippen LogP contribution is -2.36. The Bertz CT molecular complexity index is 788. The van der Waals surface area contributed by atoms with E-state index in [1.165, 1.54) is 12.1 Å². The zero-order chi connectivity index (χ0) is 19.5. The molecule has 0 saturated heterocycles. The molecule has 0 saturated carbocycles. The van der Waals surface area contributed by atoms with E-state index in [1.54, 1.807) is 18.2 Å². The average molecular weight is 368 g/mol. The Hall–Kier alpha value is -3.35. The fraction of sp³-hybridized carbons (Fsp3) is 0.250. The monoisotopic (exact) mass is 368 g/mol. The molecule has 0 radical (unpaired) electrons. The minimum atomic E-state index is -0.412. The predicted molar refractivity (Wildman–Crippen MR) is 107 cm³/mol. The number of non-ortho nitro benzene ring substituents is 1. The van der Waals surface area contributed by atoms with Crippen molar-refractivity contribution in [1.29, 1.82) is 0 Å². The first-order chi connectivity index (χ1) is 13.1. The van der Waals surface area contributed by atoms with Gasteiger partial charge in [0.25, 0.3) is 5.69 Å². The smallest absolute Gasteiger partial charge is 0.269 e. The lowest BCUT2D eigenvalue weighted by molar-refractivity contribution is -0.384. The van der Waals surface area contributed by atoms with Gasteiger partial charge in [-0.1, -0.05) is 43.0 Å². The van der Waals surface area contributed by atoms with Crippen LogP contribution in [-0.4, -0.2) is 24.0 Å². The normalized spacial score (nSPS) is 10.9. The van der Waals surface area contributed by atoms with E-state index < -0.39 is 4.92 Å². The topological polar surface area (TPSA) is 88.8 Å². The van der Waals surface area contributed by atoms with Crippen LogP contribution in [0.2, 0.25) is 0 Å². The van der Waals surface area contributed by atoms with Crippen molar-refractivity contribution in [3.05, 3.63) is 82.4 Å². The fourth-order valence-corrected chi connectivity index (χ4v) is 2.35. The molecule has 7 heteroatoms. The van der Waals surface area contributed by atoms with E-state index in [9.17, 15) is 10.1 Å². The maximum absolute atomic E-state index is 10.7. The molecular formula is C20H24N4O3. The first-order valence-corrected chi connectivity index (χ1v) is 8.71. The minimum Gasteiger partial charge on any atom is -0.489 e. The lowest BCUT2D eigenvalue weighted by Gasteiger charge is -2.14. The van der Waals surface area contributed by atoms with Gasteiger partial charge in [0.2, 0.25) is 0 Å². The molecule has 2 aromatic rings. The van der Waals surface area contributed by atoms with E-state index in [-0.39, 0.29) is 5.69 Å². The highest BCUT2D eigenvalue weighted by Crippen LogP contribution is 2.17. The second kappa shape index (κ2) is 10.6. The van der Waals surface area contributed by atoms with E-state index in [0.717, 1.165) is 23.4 Å². The van der Waals surface area contributed by atoms with Gasteiger partial charge in [0.15, 0.2) is 5.96 Å². The average Bonchev–Trinajstić information content (AvgIpc) is 2.69. The Morgan fingerprint density at radius 1 is 1.22 bits per heavy atom. The number of ether oxygens (including phenoxy) is 1. The molecule has 2 N–H and O–H groups in total. The van der Waals surface area contributed by atoms with Crippen LogP contribution in [0.25, 0.3) is 0 Å². The van der Waals surface area contributed by atoms with Gasteiger partial charge in [-0.25, -0.2) is 4.99 Å². The molecule has 0 aliphatic carbocycles. The van der Waals surface area contributed by atoms with Gasteiger partial charge in [-0.15, -0.1) is 0 Å². The molecule has 27 heavy (non-hydrogen) atoms. The van der Waals surface area contributed by atoms with E-state index in [2.05, 4.69) is 22.2 Å². The molecule has 0 aliphatic rings. The highest BCUT2D eigenvalue weighted by atomic mass is 16.6. The fourth-order valence-electron chi connectivity index (χ4n) is 2.35. The van der Waals surface area contributed by atoms with Gasteiger partial charge < -0.3 is 15.4 Å². The standard InChI is InChI=1S/C20H24N4O3/c1-3-13-27-19-8-6-5-7-17(19)15-23-20(21-4-2)22-14-16-9-11-18(12-10-16)24(25)26/h3,5-12H,1,4,13-15H2,2H3,(H2,21,22,23). The van der Waals surface area contributed by atoms with Gasteiger partial charge in [-0.2, -0.15) is 0 Å². The number of para-hydroxylation sites is 1. The van der Waals surface area contributed by atoms with Crippen molar-refractivity contribution in [2.24, 2.45) is 4.99 Å². The van der Waals surface area contributed by atoms with Crippen LogP contribution in [0.3, 0.4) is 0 Å². The van der Waals surface area contributed by atoms with Gasteiger partial charge in [0.05, 0.1) is 11.5 Å². The van der Waals surface area contributed by atoms with E-state index in [1.807, 2.05) is 31.2 Å². The third-order valence-electron chi connectivity index (χ3n) is 3.69. The summed E-state index contributed by atoms with van der Waals surface area (Å²) in [5, 5.41) is 17.2. The second-order valence-electron chi connectivity index (χ2n) is 5.68. The molecule has 0 atom stereocenters. The van der Waals surface area contributed by atoms with Crippen LogP contribution >= 0.6 is 0 Å². The zero-order valence-electron chi connectivity index (χ0n) is 15.4. The van der Waals surface area contributed by atoms with Crippen LogP contribution in [0, 0.1) is 10.1 Å². The summed E-state index contributed by atoms with van der Waals surface area (Å²) in [6.45, 7) is 7.80. The molecule has 0 fully saturated rings. The first-order valence-electron chi connectivity index (χ1n) is 8.71. The number of benzene rings is 2. The van der Waals surface area contributed by atoms with Gasteiger partial charge >= 0.3 is 0 Å². The van der Waals surface area contributed by atoms with Crippen LogP contribution in [-0.2, 0) is 13.1 Å². The third-order valence-corrected chi connectivity index (χ3v) is 3.69. The highest BCUT2D eigenvalue weighted by Gasteiger charge is 2.06. The molecule has 0 aromatic heterocycles. The predicted octanol–water partition coefficient (Wildman–Crippen LogP) is 3.41. The maximum atomic E-state index is 10.7. The van der Waals surface area contributed by atoms with Crippen molar-refractivity contribution in [2.75, 3.05) is 13.2 Å². The Morgan fingerprint density at radius 3 is 2.63 bits per heavy atom. The van der Waals surface area contributed by atoms with Crippen molar-refractivity contribution in [1.82, 2.24) is 10.6 Å². The highest BCUT2D eigenvalue weighted by molar-refractivity contribution is 5.79. The second-order valence-corrected chi connectivity index (χ2v) is 5.68. The number of nitro benzene ring substituents is 1. The molecule has 0 heterocycles. The Labute approximate surface area is 158 Å². The molecular weight excluding hydrogens is 344 g/mol. The van der Waals surface area contributed by atoms with Crippen LogP contribution in [0.5, 0.6) is 5.75 Å². The van der Waals surface area contributed by atoms with Gasteiger partial charge in [0, 0.05) is 30.8 Å². The maximum Gasteiger partial charge on any atom is 0.269 e. The van der Waals surface area contributed by atoms with Crippen molar-refractivity contribution < 1.29 is 9.66 Å². The number of rotatable bonds is 9. The summed E-state index contributed by atoms with van der Waals surface area (Å²) in [7, 11) is 0. The molecule has 0 bridgehead atoms. The Balaban J connectivity index is 2.01. The number of aliphatic imine (C=N–C) groups is 1. The molecule has 2 aromatic carbocycles. The molecule has 0 aliphatic heterocycles. The molecule has 0 amide bonds. The Kier molecular flexibility index (Phi) is 7.84. The SMILES string of the molecule is C=CCOc1ccccc1CNC(=NCc1ccc([N+](=O)[O-])cc1)NCC. The van der Waals surface area contributed by atoms with E-state index in [0.29, 0.717) is 25.7 Å². The quantitative estimate of drug-likeness (QED) is 0.233. The summed E-state index contributed by atoms with van der Waals surface area (Å²) < 4.78 is 5.66. The van der Waals surface area contributed by atoms with Crippen molar-refractivity contribution in [3.8, 4) is 5.75 Å². The number of nitrogens with zero attached hydrogens (tertiary/aromatic N) is 2. The van der Waals surface area contributed by atoms with Crippen molar-refractivity contribution in [2.45, 2.75) is 20.0 Å². The Morgan fingerprint density at radius 2 is 1.96 bits per heavy atom. The largest absolute Gasteiger partial charge is 0.489 e. The summed E-state index contributed by atoms with van der Waals surface area (Å²) in [5.74, 6) is 1.46. The first kappa shape index (κ1) is 20.0. The number of hydrogen-bond donors (Lipinski definition) is 2. The number of guanidine groups is 1. The number of nitro groups is 1. The van der Waals surface area contributed by atoms with Crippen molar-refractivity contribution in [3.63, 3.8) is 0 Å². The summed E-state index contributed by atoms with van der Waals surface area (Å²) in [6, 6.07) is 14.2. The van der Waals surface area contributed by atoms with Gasteiger partial charge in [-0.05, 0) is 18.6 Å². The summed E-state index contributed by atoms with van der Waals surface area (Å²) >= 11 is 0. The molecule has 0 unspecified atom stereocenters. The number of hydrogen-bond acceptors (Lipinski definition) is 4. The number of nitrogens with one attached hydrogen (secondary N) is 2. The molecule has 7 nitrogen and oxygen atoms in total. The molecule has 0 spiro atoms. The van der Waals surface area contributed by atoms with Gasteiger partial charge in [0.1, 0.15) is 12.4 Å². The molecule has 2 rings (SSSR count). The van der Waals surface area contributed by atoms with Crippen LogP contribution in [0.15, 0.2) is 66.2 Å². The zero-order valence-corrected chi connectivity index (χ0v) is 15.4.